The van der Waals surface area contributed by atoms with Gasteiger partial charge in [0.25, 0.3) is 5.69 Å². The lowest BCUT2D eigenvalue weighted by atomic mass is 10.2. The maximum Gasteiger partial charge on any atom is 0.276 e. The van der Waals surface area contributed by atoms with Crippen LogP contribution < -0.4 is 4.74 Å². The molecule has 0 unspecified atom stereocenters. The number of nitro groups is 1. The molecule has 4 nitrogen and oxygen atoms in total. The highest BCUT2D eigenvalue weighted by Gasteiger charge is 2.15. The fourth-order valence-electron chi connectivity index (χ4n) is 1.10. The molecule has 0 N–H and O–H groups in total. The van der Waals surface area contributed by atoms with Gasteiger partial charge in [0.1, 0.15) is 0 Å². The highest BCUT2D eigenvalue weighted by molar-refractivity contribution is 5.46. The lowest BCUT2D eigenvalue weighted by Gasteiger charge is -2.05. The number of ether oxygens (including phenoxy) is 1. The third-order valence-electron chi connectivity index (χ3n) is 1.75. The number of nitrogens with zero attached hydrogens (tertiary/aromatic N) is 1. The van der Waals surface area contributed by atoms with Gasteiger partial charge in [-0.3, -0.25) is 10.1 Å². The van der Waals surface area contributed by atoms with E-state index in [1.165, 1.54) is 6.92 Å². The van der Waals surface area contributed by atoms with E-state index < -0.39 is 10.7 Å². The van der Waals surface area contributed by atoms with Gasteiger partial charge < -0.3 is 4.74 Å². The molecule has 0 aliphatic carbocycles. The molecular formula is C9H10FNO3. The van der Waals surface area contributed by atoms with Gasteiger partial charge in [-0.1, -0.05) is 0 Å². The van der Waals surface area contributed by atoms with E-state index in [1.807, 2.05) is 0 Å². The Morgan fingerprint density at radius 3 is 2.71 bits per heavy atom. The Kier molecular flexibility index (Phi) is 3.01. The van der Waals surface area contributed by atoms with Crippen molar-refractivity contribution < 1.29 is 14.1 Å². The molecule has 0 aliphatic rings. The van der Waals surface area contributed by atoms with Crippen LogP contribution in [0.3, 0.4) is 0 Å². The summed E-state index contributed by atoms with van der Waals surface area (Å²) < 4.78 is 18.0. The molecule has 0 fully saturated rings. The maximum atomic E-state index is 13.1. The molecule has 5 heteroatoms. The molecule has 76 valence electrons. The molecule has 0 amide bonds. The minimum absolute atomic E-state index is 0.0789. The highest BCUT2D eigenvalue weighted by atomic mass is 19.1. The van der Waals surface area contributed by atoms with Crippen LogP contribution in [0.15, 0.2) is 12.1 Å². The first kappa shape index (κ1) is 10.4. The number of rotatable bonds is 3. The Morgan fingerprint density at radius 2 is 2.21 bits per heavy atom. The molecular weight excluding hydrogens is 189 g/mol. The second-order valence-corrected chi connectivity index (χ2v) is 2.76. The van der Waals surface area contributed by atoms with Crippen LogP contribution in [0.4, 0.5) is 10.1 Å². The molecule has 0 aliphatic heterocycles. The number of aryl methyl sites for hydroxylation is 1. The van der Waals surface area contributed by atoms with Crippen molar-refractivity contribution in [2.45, 2.75) is 13.8 Å². The molecule has 0 atom stereocenters. The molecule has 0 saturated carbocycles. The van der Waals surface area contributed by atoms with Gasteiger partial charge in [-0.2, -0.15) is 0 Å². The lowest BCUT2D eigenvalue weighted by Crippen LogP contribution is -1.98. The first-order valence-corrected chi connectivity index (χ1v) is 4.13. The van der Waals surface area contributed by atoms with Crippen molar-refractivity contribution in [3.8, 4) is 5.75 Å². The summed E-state index contributed by atoms with van der Waals surface area (Å²) in [6.07, 6.45) is 0. The van der Waals surface area contributed by atoms with Gasteiger partial charge in [-0.05, 0) is 19.9 Å². The van der Waals surface area contributed by atoms with Crippen LogP contribution >= 0.6 is 0 Å². The van der Waals surface area contributed by atoms with Crippen LogP contribution in [0.1, 0.15) is 12.5 Å². The predicted octanol–water partition coefficient (Wildman–Crippen LogP) is 2.44. The highest BCUT2D eigenvalue weighted by Crippen LogP contribution is 2.27. The molecule has 0 heterocycles. The van der Waals surface area contributed by atoms with Crippen molar-refractivity contribution in [3.63, 3.8) is 0 Å². The van der Waals surface area contributed by atoms with Crippen LogP contribution in [-0.4, -0.2) is 11.5 Å². The summed E-state index contributed by atoms with van der Waals surface area (Å²) in [6.45, 7) is 3.44. The molecule has 14 heavy (non-hydrogen) atoms. The summed E-state index contributed by atoms with van der Waals surface area (Å²) in [6, 6.07) is 2.21. The van der Waals surface area contributed by atoms with E-state index in [0.717, 1.165) is 12.1 Å². The summed E-state index contributed by atoms with van der Waals surface area (Å²) in [7, 11) is 0. The van der Waals surface area contributed by atoms with E-state index in [2.05, 4.69) is 0 Å². The second-order valence-electron chi connectivity index (χ2n) is 2.76. The monoisotopic (exact) mass is 199 g/mol. The molecule has 0 saturated heterocycles. The van der Waals surface area contributed by atoms with Gasteiger partial charge in [-0.25, -0.2) is 4.39 Å². The third-order valence-corrected chi connectivity index (χ3v) is 1.75. The van der Waals surface area contributed by atoms with Crippen molar-refractivity contribution in [2.75, 3.05) is 6.61 Å². The summed E-state index contributed by atoms with van der Waals surface area (Å²) in [5.41, 5.74) is 0.158. The van der Waals surface area contributed by atoms with E-state index in [4.69, 9.17) is 4.74 Å². The Morgan fingerprint density at radius 1 is 1.57 bits per heavy atom. The van der Waals surface area contributed by atoms with Crippen molar-refractivity contribution in [1.82, 2.24) is 0 Å². The standard InChI is InChI=1S/C9H10FNO3/c1-3-14-9-5-8(11(12)13)6(2)4-7(9)10/h4-5H,3H2,1-2H3. The summed E-state index contributed by atoms with van der Waals surface area (Å²) >= 11 is 0. The first-order valence-electron chi connectivity index (χ1n) is 4.13. The summed E-state index contributed by atoms with van der Waals surface area (Å²) in [5.74, 6) is -0.653. The van der Waals surface area contributed by atoms with Crippen molar-refractivity contribution in [2.24, 2.45) is 0 Å². The molecule has 0 radical (unpaired) electrons. The zero-order valence-electron chi connectivity index (χ0n) is 7.91. The average molecular weight is 199 g/mol. The molecule has 0 spiro atoms. The SMILES string of the molecule is CCOc1cc([N+](=O)[O-])c(C)cc1F. The van der Waals surface area contributed by atoms with Crippen molar-refractivity contribution >= 4 is 5.69 Å². The first-order chi connectivity index (χ1) is 6.56. The molecule has 1 rings (SSSR count). The quantitative estimate of drug-likeness (QED) is 0.555. The Balaban J connectivity index is 3.20. The smallest absolute Gasteiger partial charge is 0.276 e. The number of benzene rings is 1. The van der Waals surface area contributed by atoms with Gasteiger partial charge in [0.2, 0.25) is 0 Å². The number of hydrogen-bond donors (Lipinski definition) is 0. The van der Waals surface area contributed by atoms with E-state index >= 15 is 0 Å². The van der Waals surface area contributed by atoms with E-state index in [9.17, 15) is 14.5 Å². The van der Waals surface area contributed by atoms with E-state index in [0.29, 0.717) is 0 Å². The van der Waals surface area contributed by atoms with Gasteiger partial charge in [-0.15, -0.1) is 0 Å². The van der Waals surface area contributed by atoms with Gasteiger partial charge >= 0.3 is 0 Å². The fourth-order valence-corrected chi connectivity index (χ4v) is 1.10. The van der Waals surface area contributed by atoms with Crippen molar-refractivity contribution in [3.05, 3.63) is 33.6 Å². The van der Waals surface area contributed by atoms with Gasteiger partial charge in [0.15, 0.2) is 11.6 Å². The predicted molar refractivity (Wildman–Crippen MR) is 49.0 cm³/mol. The van der Waals surface area contributed by atoms with Crippen LogP contribution in [0.2, 0.25) is 0 Å². The lowest BCUT2D eigenvalue weighted by molar-refractivity contribution is -0.385. The Bertz CT molecular complexity index is 365. The fraction of sp³-hybridized carbons (Fsp3) is 0.333. The van der Waals surface area contributed by atoms with Crippen LogP contribution in [0.25, 0.3) is 0 Å². The minimum atomic E-state index is -0.574. The molecule has 1 aromatic rings. The van der Waals surface area contributed by atoms with Crippen LogP contribution in [-0.2, 0) is 0 Å². The van der Waals surface area contributed by atoms with E-state index in [1.54, 1.807) is 6.92 Å². The molecule has 0 bridgehead atoms. The second kappa shape index (κ2) is 4.04. The van der Waals surface area contributed by atoms with Gasteiger partial charge in [0, 0.05) is 5.56 Å². The Hall–Kier alpha value is -1.65. The van der Waals surface area contributed by atoms with E-state index in [-0.39, 0.29) is 23.6 Å². The zero-order valence-corrected chi connectivity index (χ0v) is 7.91. The van der Waals surface area contributed by atoms with Crippen LogP contribution in [0.5, 0.6) is 5.75 Å². The van der Waals surface area contributed by atoms with Crippen LogP contribution in [0, 0.1) is 22.9 Å². The number of hydrogen-bond acceptors (Lipinski definition) is 3. The largest absolute Gasteiger partial charge is 0.491 e. The molecule has 0 aromatic heterocycles. The maximum absolute atomic E-state index is 13.1. The minimum Gasteiger partial charge on any atom is -0.491 e. The Labute approximate surface area is 80.5 Å². The molecule has 1 aromatic carbocycles. The topological polar surface area (TPSA) is 52.4 Å². The number of nitro benzene ring substituents is 1. The van der Waals surface area contributed by atoms with Gasteiger partial charge in [0.05, 0.1) is 17.6 Å². The summed E-state index contributed by atoms with van der Waals surface area (Å²) in [5, 5.41) is 10.5. The van der Waals surface area contributed by atoms with Crippen molar-refractivity contribution in [1.29, 1.82) is 0 Å². The third kappa shape index (κ3) is 1.99. The summed E-state index contributed by atoms with van der Waals surface area (Å²) in [4.78, 5) is 9.96. The normalized spacial score (nSPS) is 9.93. The average Bonchev–Trinajstić information content (AvgIpc) is 2.09. The number of halogens is 1. The zero-order chi connectivity index (χ0) is 10.7.